The Bertz CT molecular complexity index is 1050. The summed E-state index contributed by atoms with van der Waals surface area (Å²) in [4.78, 5) is 17.3. The molecule has 7 nitrogen and oxygen atoms in total. The number of ether oxygens (including phenoxy) is 1. The summed E-state index contributed by atoms with van der Waals surface area (Å²) in [6.45, 7) is 2.40. The summed E-state index contributed by atoms with van der Waals surface area (Å²) in [7, 11) is 0. The molecule has 0 atom stereocenters. The van der Waals surface area contributed by atoms with E-state index in [9.17, 15) is 13.6 Å². The van der Waals surface area contributed by atoms with E-state index in [0.29, 0.717) is 36.6 Å². The van der Waals surface area contributed by atoms with E-state index >= 15 is 0 Å². The van der Waals surface area contributed by atoms with Gasteiger partial charge in [-0.2, -0.15) is 8.78 Å². The molecule has 1 aliphatic rings. The Balaban J connectivity index is 1.38. The Kier molecular flexibility index (Phi) is 6.65. The maximum atomic E-state index is 13.2. The Hall–Kier alpha value is -3.46. The first-order chi connectivity index (χ1) is 15.5. The van der Waals surface area contributed by atoms with Crippen molar-refractivity contribution in [2.75, 3.05) is 31.5 Å². The molecule has 0 saturated carbocycles. The average molecular weight is 442 g/mol. The number of rotatable bonds is 7. The van der Waals surface area contributed by atoms with E-state index < -0.39 is 6.61 Å². The molecule has 2 aromatic carbocycles. The van der Waals surface area contributed by atoms with Crippen LogP contribution in [-0.2, 0) is 6.54 Å². The third kappa shape index (κ3) is 5.42. The molecule has 2 heterocycles. The molecule has 4 rings (SSSR count). The molecule has 9 heteroatoms. The van der Waals surface area contributed by atoms with Crippen molar-refractivity contribution in [3.05, 3.63) is 71.6 Å². The molecular formula is C23H24F2N4O3. The largest absolute Gasteiger partial charge is 0.435 e. The van der Waals surface area contributed by atoms with Crippen LogP contribution in [-0.4, -0.2) is 53.7 Å². The van der Waals surface area contributed by atoms with Crippen LogP contribution < -0.4 is 10.1 Å². The van der Waals surface area contributed by atoms with Gasteiger partial charge in [0.25, 0.3) is 5.91 Å². The molecule has 168 valence electrons. The molecule has 0 radical (unpaired) electrons. The summed E-state index contributed by atoms with van der Waals surface area (Å²) in [5, 5.41) is 7.11. The van der Waals surface area contributed by atoms with Crippen molar-refractivity contribution >= 4 is 17.3 Å². The topological polar surface area (TPSA) is 70.8 Å². The summed E-state index contributed by atoms with van der Waals surface area (Å²) in [6, 6.07) is 15.3. The lowest BCUT2D eigenvalue weighted by molar-refractivity contribution is -0.0498. The van der Waals surface area contributed by atoms with Crippen molar-refractivity contribution in [3.8, 4) is 5.75 Å². The minimum Gasteiger partial charge on any atom is -0.435 e. The molecule has 0 bridgehead atoms. The van der Waals surface area contributed by atoms with Crippen LogP contribution in [0.25, 0.3) is 0 Å². The van der Waals surface area contributed by atoms with Crippen LogP contribution in [0.5, 0.6) is 5.75 Å². The number of nitrogens with one attached hydrogen (secondary N) is 1. The number of carbonyl (C=O) groups is 1. The number of benzene rings is 2. The van der Waals surface area contributed by atoms with Gasteiger partial charge in [0.1, 0.15) is 5.75 Å². The molecule has 1 amide bonds. The van der Waals surface area contributed by atoms with Crippen LogP contribution in [0.4, 0.5) is 20.2 Å². The second-order valence-corrected chi connectivity index (χ2v) is 7.58. The molecule has 1 fully saturated rings. The highest BCUT2D eigenvalue weighted by Gasteiger charge is 2.24. The van der Waals surface area contributed by atoms with Crippen molar-refractivity contribution in [1.82, 2.24) is 15.0 Å². The maximum Gasteiger partial charge on any atom is 0.387 e. The van der Waals surface area contributed by atoms with Crippen LogP contribution in [0.2, 0.25) is 0 Å². The van der Waals surface area contributed by atoms with Crippen LogP contribution in [0.1, 0.15) is 21.8 Å². The van der Waals surface area contributed by atoms with E-state index in [1.807, 2.05) is 36.1 Å². The normalized spacial score (nSPS) is 14.6. The summed E-state index contributed by atoms with van der Waals surface area (Å²) >= 11 is 0. The molecule has 32 heavy (non-hydrogen) atoms. The Morgan fingerprint density at radius 3 is 2.50 bits per heavy atom. The third-order valence-corrected chi connectivity index (χ3v) is 5.23. The Labute approximate surface area is 184 Å². The number of amides is 1. The van der Waals surface area contributed by atoms with E-state index in [4.69, 9.17) is 4.52 Å². The van der Waals surface area contributed by atoms with Crippen molar-refractivity contribution in [2.24, 2.45) is 0 Å². The number of aryl methyl sites for hydroxylation is 1. The lowest BCUT2D eigenvalue weighted by atomic mass is 10.1. The first kappa shape index (κ1) is 21.8. The fraction of sp³-hybridized carbons (Fsp3) is 0.304. The number of hydrogen-bond acceptors (Lipinski definition) is 6. The van der Waals surface area contributed by atoms with Crippen LogP contribution in [0.3, 0.4) is 0 Å². The quantitative estimate of drug-likeness (QED) is 0.589. The lowest BCUT2D eigenvalue weighted by Gasteiger charge is -2.34. The Morgan fingerprint density at radius 2 is 1.84 bits per heavy atom. The summed E-state index contributed by atoms with van der Waals surface area (Å²) in [5.41, 5.74) is 2.73. The minimum absolute atomic E-state index is 0.0547. The van der Waals surface area contributed by atoms with Gasteiger partial charge in [-0.1, -0.05) is 17.3 Å². The molecule has 1 saturated heterocycles. The number of para-hydroxylation sites is 1. The van der Waals surface area contributed by atoms with Crippen molar-refractivity contribution < 1.29 is 22.8 Å². The van der Waals surface area contributed by atoms with Gasteiger partial charge in [-0.15, -0.1) is 0 Å². The molecular weight excluding hydrogens is 418 g/mol. The average Bonchev–Trinajstić information content (AvgIpc) is 3.20. The van der Waals surface area contributed by atoms with Crippen LogP contribution >= 0.6 is 0 Å². The number of piperazine rings is 1. The molecule has 1 aliphatic heterocycles. The van der Waals surface area contributed by atoms with Gasteiger partial charge in [0, 0.05) is 37.9 Å². The monoisotopic (exact) mass is 442 g/mol. The number of aromatic nitrogens is 1. The van der Waals surface area contributed by atoms with Gasteiger partial charge in [-0.3, -0.25) is 9.69 Å². The van der Waals surface area contributed by atoms with Gasteiger partial charge in [-0.05, 0) is 43.3 Å². The molecule has 0 unspecified atom stereocenters. The standard InChI is InChI=1S/C23H24F2N4O3/c1-16-14-19(32-27-16)15-28-10-12-29(13-11-28)22(30)20-4-2-3-5-21(20)26-17-6-8-18(9-7-17)31-23(24)25/h2-9,14,23,26H,10-13,15H2,1H3. The third-order valence-electron chi connectivity index (χ3n) is 5.23. The van der Waals surface area contributed by atoms with Crippen LogP contribution in [0.15, 0.2) is 59.1 Å². The highest BCUT2D eigenvalue weighted by molar-refractivity contribution is 6.00. The number of nitrogens with zero attached hydrogens (tertiary/aromatic N) is 3. The second-order valence-electron chi connectivity index (χ2n) is 7.58. The minimum atomic E-state index is -2.87. The van der Waals surface area contributed by atoms with E-state index in [2.05, 4.69) is 20.1 Å². The number of carbonyl (C=O) groups excluding carboxylic acids is 1. The van der Waals surface area contributed by atoms with Crippen LogP contribution in [0, 0.1) is 6.92 Å². The highest BCUT2D eigenvalue weighted by Crippen LogP contribution is 2.25. The first-order valence-corrected chi connectivity index (χ1v) is 10.3. The second kappa shape index (κ2) is 9.78. The van der Waals surface area contributed by atoms with Crippen molar-refractivity contribution in [1.29, 1.82) is 0 Å². The fourth-order valence-corrected chi connectivity index (χ4v) is 3.64. The van der Waals surface area contributed by atoms with Gasteiger partial charge in [0.15, 0.2) is 5.76 Å². The molecule has 0 spiro atoms. The molecule has 3 aromatic rings. The van der Waals surface area contributed by atoms with Gasteiger partial charge >= 0.3 is 6.61 Å². The van der Waals surface area contributed by atoms with Crippen molar-refractivity contribution in [2.45, 2.75) is 20.1 Å². The van der Waals surface area contributed by atoms with E-state index in [0.717, 1.165) is 24.5 Å². The fourth-order valence-electron chi connectivity index (χ4n) is 3.64. The van der Waals surface area contributed by atoms with Gasteiger partial charge in [0.05, 0.1) is 23.5 Å². The lowest BCUT2D eigenvalue weighted by Crippen LogP contribution is -2.48. The predicted molar refractivity (Wildman–Crippen MR) is 115 cm³/mol. The molecule has 1 N–H and O–H groups in total. The Morgan fingerprint density at radius 1 is 1.12 bits per heavy atom. The first-order valence-electron chi connectivity index (χ1n) is 10.3. The number of anilines is 2. The van der Waals surface area contributed by atoms with Gasteiger partial charge in [0.2, 0.25) is 0 Å². The van der Waals surface area contributed by atoms with E-state index in [1.54, 1.807) is 18.2 Å². The number of halogens is 2. The highest BCUT2D eigenvalue weighted by atomic mass is 19.3. The number of hydrogen-bond donors (Lipinski definition) is 1. The van der Waals surface area contributed by atoms with Gasteiger partial charge < -0.3 is 19.5 Å². The maximum absolute atomic E-state index is 13.2. The van der Waals surface area contributed by atoms with E-state index in [1.165, 1.54) is 12.1 Å². The zero-order valence-electron chi connectivity index (χ0n) is 17.6. The molecule has 0 aliphatic carbocycles. The zero-order chi connectivity index (χ0) is 22.5. The zero-order valence-corrected chi connectivity index (χ0v) is 17.6. The summed E-state index contributed by atoms with van der Waals surface area (Å²) < 4.78 is 34.3. The summed E-state index contributed by atoms with van der Waals surface area (Å²) in [6.07, 6.45) is 0. The van der Waals surface area contributed by atoms with E-state index in [-0.39, 0.29) is 11.7 Å². The van der Waals surface area contributed by atoms with Gasteiger partial charge in [-0.25, -0.2) is 0 Å². The predicted octanol–water partition coefficient (Wildman–Crippen LogP) is 4.29. The summed E-state index contributed by atoms with van der Waals surface area (Å²) in [5.74, 6) is 0.843. The molecule has 1 aromatic heterocycles. The smallest absolute Gasteiger partial charge is 0.387 e. The number of alkyl halides is 2. The van der Waals surface area contributed by atoms with Crippen molar-refractivity contribution in [3.63, 3.8) is 0 Å². The SMILES string of the molecule is Cc1cc(CN2CCN(C(=O)c3ccccc3Nc3ccc(OC(F)F)cc3)CC2)on1.